The maximum absolute atomic E-state index is 13.1. The molecule has 2 aromatic rings. The first kappa shape index (κ1) is 23.0. The second kappa shape index (κ2) is 10.1. The van der Waals surface area contributed by atoms with Gasteiger partial charge in [0.15, 0.2) is 5.78 Å². The van der Waals surface area contributed by atoms with Crippen molar-refractivity contribution in [2.45, 2.75) is 58.8 Å². The van der Waals surface area contributed by atoms with Gasteiger partial charge in [-0.15, -0.1) is 0 Å². The summed E-state index contributed by atoms with van der Waals surface area (Å²) in [6.45, 7) is 8.04. The first-order valence-corrected chi connectivity index (χ1v) is 11.0. The molecule has 0 bridgehead atoms. The fourth-order valence-electron chi connectivity index (χ4n) is 4.19. The van der Waals surface area contributed by atoms with E-state index in [4.69, 9.17) is 5.73 Å². The van der Waals surface area contributed by atoms with Crippen molar-refractivity contribution in [1.29, 1.82) is 0 Å². The molecule has 8 nitrogen and oxygen atoms in total. The van der Waals surface area contributed by atoms with Crippen LogP contribution in [0.4, 0.5) is 5.82 Å². The summed E-state index contributed by atoms with van der Waals surface area (Å²) < 4.78 is 2.41. The van der Waals surface area contributed by atoms with Crippen LogP contribution in [0.25, 0.3) is 0 Å². The van der Waals surface area contributed by atoms with Crippen LogP contribution in [0.1, 0.15) is 49.5 Å². The average molecular weight is 428 g/mol. The highest BCUT2D eigenvalue weighted by Crippen LogP contribution is 2.14. The highest BCUT2D eigenvalue weighted by Gasteiger charge is 2.26. The summed E-state index contributed by atoms with van der Waals surface area (Å²) in [4.78, 5) is 41.0. The minimum absolute atomic E-state index is 0.0510. The molecule has 0 atom stereocenters. The molecule has 0 unspecified atom stereocenters. The minimum Gasteiger partial charge on any atom is -0.384 e. The lowest BCUT2D eigenvalue weighted by Gasteiger charge is -2.33. The minimum atomic E-state index is -0.601. The Balaban J connectivity index is 1.85. The Kier molecular flexibility index (Phi) is 7.46. The van der Waals surface area contributed by atoms with Crippen molar-refractivity contribution < 1.29 is 4.79 Å². The largest absolute Gasteiger partial charge is 0.384 e. The molecule has 1 aliphatic rings. The van der Waals surface area contributed by atoms with E-state index in [-0.39, 0.29) is 36.8 Å². The Hall–Kier alpha value is -2.71. The predicted molar refractivity (Wildman–Crippen MR) is 123 cm³/mol. The number of benzene rings is 1. The van der Waals surface area contributed by atoms with E-state index in [1.807, 2.05) is 30.3 Å². The van der Waals surface area contributed by atoms with Gasteiger partial charge in [0.05, 0.1) is 13.1 Å². The molecule has 0 aliphatic carbocycles. The molecule has 31 heavy (non-hydrogen) atoms. The van der Waals surface area contributed by atoms with Crippen LogP contribution < -0.4 is 22.3 Å². The highest BCUT2D eigenvalue weighted by atomic mass is 16.2. The number of carbonyl (C=O) groups is 1. The molecule has 0 saturated carbocycles. The number of hydrogen-bond donors (Lipinski definition) is 2. The third-order valence-corrected chi connectivity index (χ3v) is 5.77. The topological polar surface area (TPSA) is 102 Å². The number of hydrogen-bond acceptors (Lipinski definition) is 6. The molecule has 1 saturated heterocycles. The van der Waals surface area contributed by atoms with Crippen LogP contribution in [0.15, 0.2) is 39.9 Å². The summed E-state index contributed by atoms with van der Waals surface area (Å²) >= 11 is 0. The Morgan fingerprint density at radius 3 is 2.35 bits per heavy atom. The first-order valence-electron chi connectivity index (χ1n) is 11.0. The van der Waals surface area contributed by atoms with Gasteiger partial charge in [-0.1, -0.05) is 44.2 Å². The number of rotatable bonds is 8. The normalized spacial score (nSPS) is 15.5. The zero-order valence-corrected chi connectivity index (χ0v) is 18.6. The van der Waals surface area contributed by atoms with Crippen LogP contribution >= 0.6 is 0 Å². The number of nitrogens with zero attached hydrogens (tertiary/aromatic N) is 3. The van der Waals surface area contributed by atoms with Crippen LogP contribution in [0.2, 0.25) is 0 Å². The number of anilines is 1. The van der Waals surface area contributed by atoms with Gasteiger partial charge >= 0.3 is 5.69 Å². The number of nitrogen functional groups attached to an aromatic ring is 1. The lowest BCUT2D eigenvalue weighted by Crippen LogP contribution is -2.48. The number of carbonyl (C=O) groups excluding carboxylic acids is 1. The molecule has 0 radical (unpaired) electrons. The molecule has 168 valence electrons. The Bertz CT molecular complexity index is 1020. The number of piperidine rings is 1. The van der Waals surface area contributed by atoms with Crippen molar-refractivity contribution in [3.63, 3.8) is 0 Å². The zero-order chi connectivity index (χ0) is 22.5. The number of Topliss-reactive ketones (excluding diaryl/α,β-unsaturated/α-hetero) is 1. The molecule has 8 heteroatoms. The molecule has 1 aliphatic heterocycles. The van der Waals surface area contributed by atoms with Crippen molar-refractivity contribution in [3.8, 4) is 0 Å². The molecular weight excluding hydrogens is 394 g/mol. The second-order valence-corrected chi connectivity index (χ2v) is 8.46. The van der Waals surface area contributed by atoms with E-state index in [1.54, 1.807) is 6.92 Å². The van der Waals surface area contributed by atoms with E-state index in [2.05, 4.69) is 24.1 Å². The maximum Gasteiger partial charge on any atom is 0.332 e. The third kappa shape index (κ3) is 5.32. The van der Waals surface area contributed by atoms with Crippen LogP contribution in [-0.2, 0) is 13.1 Å². The van der Waals surface area contributed by atoms with Gasteiger partial charge in [-0.25, -0.2) is 4.79 Å². The summed E-state index contributed by atoms with van der Waals surface area (Å²) in [7, 11) is 0. The maximum atomic E-state index is 13.1. The van der Waals surface area contributed by atoms with E-state index in [1.165, 1.54) is 4.57 Å². The van der Waals surface area contributed by atoms with Crippen molar-refractivity contribution in [1.82, 2.24) is 19.4 Å². The average Bonchev–Trinajstić information content (AvgIpc) is 2.73. The molecule has 0 amide bonds. The van der Waals surface area contributed by atoms with Gasteiger partial charge in [0.2, 0.25) is 0 Å². The molecule has 3 N–H and O–H groups in total. The van der Waals surface area contributed by atoms with E-state index >= 15 is 0 Å². The van der Waals surface area contributed by atoms with Gasteiger partial charge in [0.25, 0.3) is 5.56 Å². The lowest BCUT2D eigenvalue weighted by molar-refractivity contribution is 0.0900. The predicted octanol–water partition coefficient (Wildman–Crippen LogP) is 1.31. The molecular formula is C23H33N5O3. The van der Waals surface area contributed by atoms with Gasteiger partial charge < -0.3 is 11.1 Å². The zero-order valence-electron chi connectivity index (χ0n) is 18.6. The standard InChI is InChI=1S/C23H33N5O3/c1-4-27-22(30)20(19(29)15-26-12-10-18(11-13-26)25-16(2)3)21(24)28(23(27)31)14-17-8-6-5-7-9-17/h5-9,16,18,25H,4,10-15,24H2,1-3H3. The summed E-state index contributed by atoms with van der Waals surface area (Å²) in [5.74, 6) is -0.383. The SMILES string of the molecule is CCn1c(=O)c(C(=O)CN2CCC(NC(C)C)CC2)c(N)n(Cc2ccccc2)c1=O. The summed E-state index contributed by atoms with van der Waals surface area (Å²) in [5, 5.41) is 3.53. The van der Waals surface area contributed by atoms with Crippen LogP contribution in [0.5, 0.6) is 0 Å². The summed E-state index contributed by atoms with van der Waals surface area (Å²) in [5.41, 5.74) is 5.93. The van der Waals surface area contributed by atoms with Gasteiger partial charge in [-0.2, -0.15) is 0 Å². The van der Waals surface area contributed by atoms with Gasteiger partial charge in [0, 0.05) is 31.7 Å². The van der Waals surface area contributed by atoms with Crippen LogP contribution in [-0.4, -0.2) is 51.5 Å². The summed E-state index contributed by atoms with van der Waals surface area (Å²) in [6, 6.07) is 10.3. The molecule has 1 aromatic carbocycles. The van der Waals surface area contributed by atoms with Crippen molar-refractivity contribution in [2.24, 2.45) is 0 Å². The fourth-order valence-corrected chi connectivity index (χ4v) is 4.19. The van der Waals surface area contributed by atoms with Crippen LogP contribution in [0, 0.1) is 0 Å². The smallest absolute Gasteiger partial charge is 0.332 e. The Morgan fingerprint density at radius 1 is 1.13 bits per heavy atom. The van der Waals surface area contributed by atoms with E-state index in [0.29, 0.717) is 12.1 Å². The Labute approximate surface area is 182 Å². The Morgan fingerprint density at radius 2 is 1.77 bits per heavy atom. The fraction of sp³-hybridized carbons (Fsp3) is 0.522. The van der Waals surface area contributed by atoms with Gasteiger partial charge in [-0.3, -0.25) is 23.6 Å². The second-order valence-electron chi connectivity index (χ2n) is 8.46. The van der Waals surface area contributed by atoms with E-state index in [0.717, 1.165) is 36.1 Å². The molecule has 3 rings (SSSR count). The van der Waals surface area contributed by atoms with Crippen molar-refractivity contribution in [2.75, 3.05) is 25.4 Å². The lowest BCUT2D eigenvalue weighted by atomic mass is 10.0. The monoisotopic (exact) mass is 427 g/mol. The molecule has 2 heterocycles. The molecule has 1 fully saturated rings. The number of nitrogens with two attached hydrogens (primary N) is 1. The summed E-state index contributed by atoms with van der Waals surface area (Å²) in [6.07, 6.45) is 1.90. The van der Waals surface area contributed by atoms with Crippen molar-refractivity contribution >= 4 is 11.6 Å². The first-order chi connectivity index (χ1) is 14.8. The number of aromatic nitrogens is 2. The van der Waals surface area contributed by atoms with Crippen LogP contribution in [0.3, 0.4) is 0 Å². The van der Waals surface area contributed by atoms with E-state index in [9.17, 15) is 14.4 Å². The van der Waals surface area contributed by atoms with E-state index < -0.39 is 11.2 Å². The molecule has 0 spiro atoms. The quantitative estimate of drug-likeness (QED) is 0.616. The number of nitrogens with one attached hydrogen (secondary N) is 1. The number of ketones is 1. The van der Waals surface area contributed by atoms with Gasteiger partial charge in [-0.05, 0) is 25.3 Å². The third-order valence-electron chi connectivity index (χ3n) is 5.77. The van der Waals surface area contributed by atoms with Crippen molar-refractivity contribution in [3.05, 3.63) is 62.3 Å². The highest BCUT2D eigenvalue weighted by molar-refractivity contribution is 6.01. The van der Waals surface area contributed by atoms with Gasteiger partial charge in [0.1, 0.15) is 11.4 Å². The number of likely N-dealkylation sites (tertiary alicyclic amines) is 1. The molecule has 1 aromatic heterocycles.